The molecule has 0 aromatic heterocycles. The average Bonchev–Trinajstić information content (AvgIpc) is 2.19. The van der Waals surface area contributed by atoms with Crippen LogP contribution in [0.2, 0.25) is 0 Å². The van der Waals surface area contributed by atoms with Gasteiger partial charge in [-0.2, -0.15) is 0 Å². The minimum Gasteiger partial charge on any atom is -0.444 e. The predicted molar refractivity (Wildman–Crippen MR) is 74.5 cm³/mol. The van der Waals surface area contributed by atoms with Crippen molar-refractivity contribution in [3.8, 4) is 0 Å². The standard InChI is InChI=1S/C11H23N3O3S/c1-8(15)7-14-9(18)12-5-6-13-10(16)17-11(2,3)4/h8,15H,5-7H2,1-4H3,(H,13,16)(H2,12,14,18). The molecule has 0 radical (unpaired) electrons. The number of amides is 1. The number of ether oxygens (including phenoxy) is 1. The Labute approximate surface area is 113 Å². The fourth-order valence-electron chi connectivity index (χ4n) is 0.958. The predicted octanol–water partition coefficient (Wildman–Crippen LogP) is 0.356. The van der Waals surface area contributed by atoms with Gasteiger partial charge in [-0.15, -0.1) is 0 Å². The first-order chi connectivity index (χ1) is 8.20. The third kappa shape index (κ3) is 11.4. The van der Waals surface area contributed by atoms with Crippen LogP contribution in [0.4, 0.5) is 4.79 Å². The average molecular weight is 277 g/mol. The van der Waals surface area contributed by atoms with Crippen LogP contribution in [-0.4, -0.2) is 47.7 Å². The number of carbonyl (C=O) groups is 1. The highest BCUT2D eigenvalue weighted by molar-refractivity contribution is 7.80. The highest BCUT2D eigenvalue weighted by atomic mass is 32.1. The molecule has 1 unspecified atom stereocenters. The molecule has 0 aliphatic heterocycles. The topological polar surface area (TPSA) is 82.6 Å². The summed E-state index contributed by atoms with van der Waals surface area (Å²) in [6.45, 7) is 8.38. The SMILES string of the molecule is CC(O)CNC(=S)NCCNC(=O)OC(C)(C)C. The molecule has 0 saturated carbocycles. The van der Waals surface area contributed by atoms with Crippen molar-refractivity contribution in [3.05, 3.63) is 0 Å². The molecule has 6 nitrogen and oxygen atoms in total. The van der Waals surface area contributed by atoms with Gasteiger partial charge in [0, 0.05) is 19.6 Å². The molecule has 1 amide bonds. The maximum atomic E-state index is 11.3. The smallest absolute Gasteiger partial charge is 0.407 e. The van der Waals surface area contributed by atoms with Gasteiger partial charge in [-0.25, -0.2) is 4.79 Å². The van der Waals surface area contributed by atoms with Gasteiger partial charge in [-0.05, 0) is 39.9 Å². The second-order valence-electron chi connectivity index (χ2n) is 4.91. The molecular weight excluding hydrogens is 254 g/mol. The van der Waals surface area contributed by atoms with Crippen molar-refractivity contribution < 1.29 is 14.6 Å². The van der Waals surface area contributed by atoms with E-state index in [0.29, 0.717) is 24.7 Å². The zero-order valence-electron chi connectivity index (χ0n) is 11.4. The van der Waals surface area contributed by atoms with Gasteiger partial charge in [0.15, 0.2) is 5.11 Å². The van der Waals surface area contributed by atoms with E-state index < -0.39 is 17.8 Å². The lowest BCUT2D eigenvalue weighted by Gasteiger charge is -2.19. The lowest BCUT2D eigenvalue weighted by molar-refractivity contribution is 0.0529. The van der Waals surface area contributed by atoms with Gasteiger partial charge in [0.2, 0.25) is 0 Å². The number of alkyl carbamates (subject to hydrolysis) is 1. The van der Waals surface area contributed by atoms with Crippen LogP contribution < -0.4 is 16.0 Å². The molecule has 0 aliphatic carbocycles. The molecule has 7 heteroatoms. The van der Waals surface area contributed by atoms with Crippen LogP contribution in [0, 0.1) is 0 Å². The van der Waals surface area contributed by atoms with Crippen LogP contribution in [-0.2, 0) is 4.74 Å². The van der Waals surface area contributed by atoms with Crippen molar-refractivity contribution >= 4 is 23.4 Å². The maximum absolute atomic E-state index is 11.3. The molecule has 0 bridgehead atoms. The highest BCUT2D eigenvalue weighted by Gasteiger charge is 2.15. The van der Waals surface area contributed by atoms with Crippen molar-refractivity contribution in [3.63, 3.8) is 0 Å². The number of hydrogen-bond acceptors (Lipinski definition) is 4. The molecule has 4 N–H and O–H groups in total. The molecule has 0 aliphatic rings. The Morgan fingerprint density at radius 2 is 1.83 bits per heavy atom. The first-order valence-corrected chi connectivity index (χ1v) is 6.28. The van der Waals surface area contributed by atoms with Gasteiger partial charge in [0.1, 0.15) is 5.60 Å². The van der Waals surface area contributed by atoms with Crippen LogP contribution in [0.25, 0.3) is 0 Å². The van der Waals surface area contributed by atoms with E-state index in [1.807, 2.05) is 0 Å². The van der Waals surface area contributed by atoms with Crippen molar-refractivity contribution in [1.29, 1.82) is 0 Å². The molecule has 0 aromatic carbocycles. The summed E-state index contributed by atoms with van der Waals surface area (Å²) in [7, 11) is 0. The number of hydrogen-bond donors (Lipinski definition) is 4. The zero-order chi connectivity index (χ0) is 14.2. The summed E-state index contributed by atoms with van der Waals surface area (Å²) in [5.74, 6) is 0. The molecule has 0 spiro atoms. The van der Waals surface area contributed by atoms with E-state index in [4.69, 9.17) is 22.1 Å². The minimum absolute atomic E-state index is 0.394. The quantitative estimate of drug-likeness (QED) is 0.429. The van der Waals surface area contributed by atoms with Crippen molar-refractivity contribution in [1.82, 2.24) is 16.0 Å². The minimum atomic E-state index is -0.494. The third-order valence-corrected chi connectivity index (χ3v) is 1.93. The Balaban J connectivity index is 3.56. The number of rotatable bonds is 5. The van der Waals surface area contributed by atoms with E-state index in [0.717, 1.165) is 0 Å². The summed E-state index contributed by atoms with van der Waals surface area (Å²) in [5.41, 5.74) is -0.494. The second-order valence-corrected chi connectivity index (χ2v) is 5.32. The Hall–Kier alpha value is -1.08. The number of aliphatic hydroxyl groups excluding tert-OH is 1. The molecule has 106 valence electrons. The molecule has 18 heavy (non-hydrogen) atoms. The summed E-state index contributed by atoms with van der Waals surface area (Å²) in [6, 6.07) is 0. The molecular formula is C11H23N3O3S. The molecule has 0 aromatic rings. The summed E-state index contributed by atoms with van der Waals surface area (Å²) < 4.78 is 5.06. The number of nitrogens with one attached hydrogen (secondary N) is 3. The Morgan fingerprint density at radius 1 is 1.28 bits per heavy atom. The van der Waals surface area contributed by atoms with Crippen LogP contribution in [0.1, 0.15) is 27.7 Å². The first kappa shape index (κ1) is 16.9. The van der Waals surface area contributed by atoms with Crippen LogP contribution in [0.3, 0.4) is 0 Å². The summed E-state index contributed by atoms with van der Waals surface area (Å²) in [6.07, 6.45) is -0.906. The van der Waals surface area contributed by atoms with E-state index in [2.05, 4.69) is 16.0 Å². The molecule has 0 fully saturated rings. The summed E-state index contributed by atoms with van der Waals surface area (Å²) in [5, 5.41) is 17.8. The molecule has 1 atom stereocenters. The zero-order valence-corrected chi connectivity index (χ0v) is 12.2. The Bertz CT molecular complexity index is 277. The monoisotopic (exact) mass is 277 g/mol. The normalized spacial score (nSPS) is 12.5. The van der Waals surface area contributed by atoms with E-state index >= 15 is 0 Å². The number of aliphatic hydroxyl groups is 1. The Morgan fingerprint density at radius 3 is 2.33 bits per heavy atom. The largest absolute Gasteiger partial charge is 0.444 e. The fraction of sp³-hybridized carbons (Fsp3) is 0.818. The van der Waals surface area contributed by atoms with Gasteiger partial charge in [-0.3, -0.25) is 0 Å². The van der Waals surface area contributed by atoms with E-state index in [1.165, 1.54) is 0 Å². The third-order valence-electron chi connectivity index (χ3n) is 1.64. The van der Waals surface area contributed by atoms with Gasteiger partial charge >= 0.3 is 6.09 Å². The second kappa shape index (κ2) is 8.10. The van der Waals surface area contributed by atoms with Gasteiger partial charge in [0.25, 0.3) is 0 Å². The lowest BCUT2D eigenvalue weighted by atomic mass is 10.2. The lowest BCUT2D eigenvalue weighted by Crippen LogP contribution is -2.42. The van der Waals surface area contributed by atoms with E-state index in [-0.39, 0.29) is 0 Å². The maximum Gasteiger partial charge on any atom is 0.407 e. The van der Waals surface area contributed by atoms with Crippen LogP contribution >= 0.6 is 12.2 Å². The van der Waals surface area contributed by atoms with Crippen LogP contribution in [0.15, 0.2) is 0 Å². The molecule has 0 saturated heterocycles. The first-order valence-electron chi connectivity index (χ1n) is 5.87. The van der Waals surface area contributed by atoms with E-state index in [9.17, 15) is 4.79 Å². The van der Waals surface area contributed by atoms with Gasteiger partial charge < -0.3 is 25.8 Å². The fourth-order valence-corrected chi connectivity index (χ4v) is 1.14. The van der Waals surface area contributed by atoms with Gasteiger partial charge in [-0.1, -0.05) is 0 Å². The summed E-state index contributed by atoms with van der Waals surface area (Å²) in [4.78, 5) is 11.3. The number of carbonyl (C=O) groups excluding carboxylic acids is 1. The number of thiocarbonyl (C=S) groups is 1. The van der Waals surface area contributed by atoms with Crippen molar-refractivity contribution in [2.24, 2.45) is 0 Å². The highest BCUT2D eigenvalue weighted by Crippen LogP contribution is 2.05. The van der Waals surface area contributed by atoms with Crippen molar-refractivity contribution in [2.75, 3.05) is 19.6 Å². The molecule has 0 rings (SSSR count). The van der Waals surface area contributed by atoms with Crippen molar-refractivity contribution in [2.45, 2.75) is 39.4 Å². The molecule has 0 heterocycles. The van der Waals surface area contributed by atoms with Gasteiger partial charge in [0.05, 0.1) is 6.10 Å². The van der Waals surface area contributed by atoms with Crippen LogP contribution in [0.5, 0.6) is 0 Å². The van der Waals surface area contributed by atoms with E-state index in [1.54, 1.807) is 27.7 Å². The Kier molecular flexibility index (Phi) is 7.61. The summed E-state index contributed by atoms with van der Waals surface area (Å²) >= 11 is 4.96.